The molecule has 0 aromatic heterocycles. The van der Waals surface area contributed by atoms with E-state index in [0.29, 0.717) is 0 Å². The van der Waals surface area contributed by atoms with E-state index in [1.807, 2.05) is 5.92 Å². The van der Waals surface area contributed by atoms with E-state index < -0.39 is 24.0 Å². The van der Waals surface area contributed by atoms with Crippen LogP contribution >= 0.6 is 0 Å². The fourth-order valence-electron chi connectivity index (χ4n) is 1.36. The maximum absolute atomic E-state index is 11.0. The Morgan fingerprint density at radius 3 is 2.62 bits per heavy atom. The number of carbonyl (C=O) groups is 2. The van der Waals surface area contributed by atoms with Crippen LogP contribution in [-0.4, -0.2) is 45.7 Å². The second-order valence-electron chi connectivity index (χ2n) is 2.85. The van der Waals surface area contributed by atoms with Crippen LogP contribution in [0.3, 0.4) is 0 Å². The van der Waals surface area contributed by atoms with Gasteiger partial charge in [0.1, 0.15) is 6.04 Å². The molecule has 1 heterocycles. The molecule has 0 spiro atoms. The number of carboxylic acids is 1. The van der Waals surface area contributed by atoms with E-state index in [-0.39, 0.29) is 13.0 Å². The van der Waals surface area contributed by atoms with Crippen LogP contribution in [0.2, 0.25) is 0 Å². The van der Waals surface area contributed by atoms with Crippen molar-refractivity contribution in [3.05, 3.63) is 0 Å². The molecule has 0 aliphatic carbocycles. The number of hydrogen-bond acceptors (Lipinski definition) is 3. The number of hydrogen-bond donors (Lipinski definition) is 2. The van der Waals surface area contributed by atoms with Gasteiger partial charge in [-0.05, 0) is 5.92 Å². The Kier molecular flexibility index (Phi) is 2.54. The van der Waals surface area contributed by atoms with Crippen molar-refractivity contribution < 1.29 is 19.8 Å². The summed E-state index contributed by atoms with van der Waals surface area (Å²) in [7, 11) is 0. The second-order valence-corrected chi connectivity index (χ2v) is 2.85. The molecule has 13 heavy (non-hydrogen) atoms. The summed E-state index contributed by atoms with van der Waals surface area (Å²) in [6.07, 6.45) is 4.10. The van der Waals surface area contributed by atoms with Gasteiger partial charge < -0.3 is 15.1 Å². The highest BCUT2D eigenvalue weighted by molar-refractivity contribution is 5.96. The first-order chi connectivity index (χ1) is 6.06. The first kappa shape index (κ1) is 9.55. The third-order valence-electron chi connectivity index (χ3n) is 1.95. The highest BCUT2D eigenvalue weighted by Gasteiger charge is 2.38. The number of aliphatic hydroxyl groups excluding tert-OH is 1. The highest BCUT2D eigenvalue weighted by atomic mass is 16.4. The lowest BCUT2D eigenvalue weighted by atomic mass is 10.2. The summed E-state index contributed by atoms with van der Waals surface area (Å²) in [5, 5.41) is 17.8. The van der Waals surface area contributed by atoms with Crippen molar-refractivity contribution in [1.29, 1.82) is 0 Å². The van der Waals surface area contributed by atoms with E-state index in [0.717, 1.165) is 4.90 Å². The first-order valence-electron chi connectivity index (χ1n) is 3.74. The molecule has 1 aliphatic heterocycles. The van der Waals surface area contributed by atoms with E-state index in [1.165, 1.54) is 0 Å². The second kappa shape index (κ2) is 3.46. The molecular formula is C8H9NO4. The van der Waals surface area contributed by atoms with Gasteiger partial charge in [-0.2, -0.15) is 0 Å². The third-order valence-corrected chi connectivity index (χ3v) is 1.95. The molecule has 1 aliphatic rings. The minimum Gasteiger partial charge on any atom is -0.480 e. The monoisotopic (exact) mass is 183 g/mol. The van der Waals surface area contributed by atoms with Crippen LogP contribution < -0.4 is 0 Å². The van der Waals surface area contributed by atoms with Gasteiger partial charge in [-0.15, -0.1) is 6.42 Å². The molecule has 2 N–H and O–H groups in total. The average Bonchev–Trinajstić information content (AvgIpc) is 2.46. The van der Waals surface area contributed by atoms with Gasteiger partial charge in [0.2, 0.25) is 0 Å². The van der Waals surface area contributed by atoms with Crippen molar-refractivity contribution in [3.63, 3.8) is 0 Å². The van der Waals surface area contributed by atoms with Crippen LogP contribution in [0.5, 0.6) is 0 Å². The largest absolute Gasteiger partial charge is 0.480 e. The van der Waals surface area contributed by atoms with Gasteiger partial charge in [0.05, 0.1) is 6.10 Å². The van der Waals surface area contributed by atoms with Crippen molar-refractivity contribution in [1.82, 2.24) is 4.90 Å². The predicted molar refractivity (Wildman–Crippen MR) is 42.6 cm³/mol. The molecule has 1 saturated heterocycles. The standard InChI is InChI=1S/C8H9NO4/c1-2-7(11)9-4-5(10)3-6(9)8(12)13/h1,5-6,10H,3-4H2,(H,12,13)/t5?,6-/m0/s1. The Morgan fingerprint density at radius 1 is 1.54 bits per heavy atom. The van der Waals surface area contributed by atoms with Crippen LogP contribution in [0.25, 0.3) is 0 Å². The summed E-state index contributed by atoms with van der Waals surface area (Å²) in [6.45, 7) is 0.000000000000000222. The number of aliphatic hydroxyl groups is 1. The zero-order valence-electron chi connectivity index (χ0n) is 6.80. The van der Waals surface area contributed by atoms with E-state index in [1.54, 1.807) is 0 Å². The van der Waals surface area contributed by atoms with Gasteiger partial charge in [0.25, 0.3) is 5.91 Å². The van der Waals surface area contributed by atoms with E-state index in [2.05, 4.69) is 0 Å². The Bertz CT molecular complexity index is 280. The van der Waals surface area contributed by atoms with Crippen LogP contribution in [0.4, 0.5) is 0 Å². The quantitative estimate of drug-likeness (QED) is 0.493. The minimum absolute atomic E-state index is 0.000000000000000222. The highest BCUT2D eigenvalue weighted by Crippen LogP contribution is 2.17. The number of terminal acetylenes is 1. The third kappa shape index (κ3) is 1.79. The SMILES string of the molecule is C#CC(=O)N1CC(O)C[C@H]1C(=O)O. The summed E-state index contributed by atoms with van der Waals surface area (Å²) in [4.78, 5) is 22.6. The number of carbonyl (C=O) groups excluding carboxylic acids is 1. The molecule has 0 aromatic rings. The fourth-order valence-corrected chi connectivity index (χ4v) is 1.36. The summed E-state index contributed by atoms with van der Waals surface area (Å²) >= 11 is 0. The average molecular weight is 183 g/mol. The zero-order chi connectivity index (χ0) is 10.0. The maximum Gasteiger partial charge on any atom is 0.326 e. The number of rotatable bonds is 1. The van der Waals surface area contributed by atoms with E-state index in [9.17, 15) is 9.59 Å². The van der Waals surface area contributed by atoms with Gasteiger partial charge in [0, 0.05) is 13.0 Å². The molecule has 5 nitrogen and oxygen atoms in total. The van der Waals surface area contributed by atoms with E-state index >= 15 is 0 Å². The maximum atomic E-state index is 11.0. The Labute approximate surface area is 75.0 Å². The minimum atomic E-state index is -1.14. The zero-order valence-corrected chi connectivity index (χ0v) is 6.80. The summed E-state index contributed by atoms with van der Waals surface area (Å²) in [6, 6.07) is -0.987. The van der Waals surface area contributed by atoms with Gasteiger partial charge in [-0.3, -0.25) is 4.79 Å². The predicted octanol–water partition coefficient (Wildman–Crippen LogP) is -1.33. The molecule has 0 aromatic carbocycles. The van der Waals surface area contributed by atoms with Crippen LogP contribution in [0.1, 0.15) is 6.42 Å². The van der Waals surface area contributed by atoms with Crippen molar-refractivity contribution in [2.75, 3.05) is 6.54 Å². The molecule has 1 amide bonds. The first-order valence-corrected chi connectivity index (χ1v) is 3.74. The number of aliphatic carboxylic acids is 1. The Morgan fingerprint density at radius 2 is 2.15 bits per heavy atom. The lowest BCUT2D eigenvalue weighted by Crippen LogP contribution is -2.39. The molecule has 1 rings (SSSR count). The summed E-state index contributed by atoms with van der Waals surface area (Å²) in [5.74, 6) is -0.00468. The topological polar surface area (TPSA) is 77.8 Å². The van der Waals surface area contributed by atoms with E-state index in [4.69, 9.17) is 16.6 Å². The van der Waals surface area contributed by atoms with Gasteiger partial charge >= 0.3 is 5.97 Å². The number of likely N-dealkylation sites (tertiary alicyclic amines) is 1. The molecule has 0 radical (unpaired) electrons. The number of amides is 1. The van der Waals surface area contributed by atoms with Crippen molar-refractivity contribution in [3.8, 4) is 12.3 Å². The summed E-state index contributed by atoms with van der Waals surface area (Å²) < 4.78 is 0. The van der Waals surface area contributed by atoms with Crippen LogP contribution in [-0.2, 0) is 9.59 Å². The molecule has 5 heteroatoms. The van der Waals surface area contributed by atoms with Crippen molar-refractivity contribution >= 4 is 11.9 Å². The molecule has 70 valence electrons. The molecule has 1 unspecified atom stereocenters. The summed E-state index contributed by atoms with van der Waals surface area (Å²) in [5.41, 5.74) is 0. The van der Waals surface area contributed by atoms with Crippen molar-refractivity contribution in [2.24, 2.45) is 0 Å². The van der Waals surface area contributed by atoms with Crippen LogP contribution in [0.15, 0.2) is 0 Å². The number of nitrogens with zero attached hydrogens (tertiary/aromatic N) is 1. The normalized spacial score (nSPS) is 26.9. The molecule has 0 saturated carbocycles. The van der Waals surface area contributed by atoms with Crippen molar-refractivity contribution in [2.45, 2.75) is 18.6 Å². The lowest BCUT2D eigenvalue weighted by molar-refractivity contribution is -0.146. The van der Waals surface area contributed by atoms with Gasteiger partial charge in [0.15, 0.2) is 0 Å². The number of carboxylic acid groups (broad SMARTS) is 1. The fraction of sp³-hybridized carbons (Fsp3) is 0.500. The van der Waals surface area contributed by atoms with Gasteiger partial charge in [-0.1, -0.05) is 0 Å². The Hall–Kier alpha value is -1.54. The van der Waals surface area contributed by atoms with Crippen LogP contribution in [0, 0.1) is 12.3 Å². The number of β-amino-alcohol motifs (C(OH)–C–C–N with tert-alkyl or cyclic N) is 1. The molecular weight excluding hydrogens is 174 g/mol. The van der Waals surface area contributed by atoms with Gasteiger partial charge in [-0.25, -0.2) is 4.79 Å². The Balaban J connectivity index is 2.79. The molecule has 1 fully saturated rings. The lowest BCUT2D eigenvalue weighted by Gasteiger charge is -2.17. The molecule has 2 atom stereocenters. The molecule has 0 bridgehead atoms. The smallest absolute Gasteiger partial charge is 0.326 e.